The van der Waals surface area contributed by atoms with Crippen LogP contribution in [0.2, 0.25) is 0 Å². The third-order valence-corrected chi connectivity index (χ3v) is 3.59. The lowest BCUT2D eigenvalue weighted by atomic mass is 10.1. The van der Waals surface area contributed by atoms with Crippen LogP contribution >= 0.6 is 15.9 Å². The second-order valence-corrected chi connectivity index (χ2v) is 4.86. The number of ether oxygens (including phenoxy) is 1. The molecule has 0 radical (unpaired) electrons. The molecule has 18 heavy (non-hydrogen) atoms. The number of nitriles is 1. The first-order chi connectivity index (χ1) is 8.83. The van der Waals surface area contributed by atoms with E-state index in [2.05, 4.69) is 40.2 Å². The van der Waals surface area contributed by atoms with Gasteiger partial charge in [-0.15, -0.1) is 0 Å². The third kappa shape index (κ3) is 3.02. The van der Waals surface area contributed by atoms with E-state index in [-0.39, 0.29) is 0 Å². The van der Waals surface area contributed by atoms with E-state index in [0.29, 0.717) is 13.0 Å². The first-order valence-corrected chi connectivity index (χ1v) is 6.79. The molecule has 0 unspecified atom stereocenters. The molecule has 0 aliphatic carbocycles. The molecule has 2 aromatic carbocycles. The Bertz CT molecular complexity index is 574. The summed E-state index contributed by atoms with van der Waals surface area (Å²) in [5.74, 6) is 0.866. The summed E-state index contributed by atoms with van der Waals surface area (Å²) < 4.78 is 6.74. The van der Waals surface area contributed by atoms with Crippen molar-refractivity contribution < 1.29 is 4.74 Å². The number of benzene rings is 2. The summed E-state index contributed by atoms with van der Waals surface area (Å²) in [6, 6.07) is 14.4. The van der Waals surface area contributed by atoms with Gasteiger partial charge >= 0.3 is 0 Å². The molecule has 0 bridgehead atoms. The summed E-state index contributed by atoms with van der Waals surface area (Å²) in [4.78, 5) is 0. The molecule has 2 nitrogen and oxygen atoms in total. The van der Waals surface area contributed by atoms with Crippen molar-refractivity contribution in [3.63, 3.8) is 0 Å². The van der Waals surface area contributed by atoms with Crippen molar-refractivity contribution in [2.24, 2.45) is 0 Å². The molecule has 0 heterocycles. The fraction of sp³-hybridized carbons (Fsp3) is 0.267. The highest BCUT2D eigenvalue weighted by atomic mass is 79.9. The highest BCUT2D eigenvalue weighted by Crippen LogP contribution is 2.33. The Morgan fingerprint density at radius 2 is 1.94 bits per heavy atom. The van der Waals surface area contributed by atoms with E-state index >= 15 is 0 Å². The highest BCUT2D eigenvalue weighted by molar-refractivity contribution is 9.10. The lowest BCUT2D eigenvalue weighted by Gasteiger charge is -2.09. The standard InChI is InChI=1S/C15H14BrNO/c16-15-13-7-3-2-6-12(13)8-9-14(15)18-11-5-1-4-10-17/h2-3,6-9H,1,4-5,11H2. The van der Waals surface area contributed by atoms with Gasteiger partial charge < -0.3 is 4.74 Å². The first kappa shape index (κ1) is 12.9. The zero-order chi connectivity index (χ0) is 12.8. The van der Waals surface area contributed by atoms with Crippen LogP contribution in [-0.2, 0) is 0 Å². The Hall–Kier alpha value is -1.53. The molecule has 0 aliphatic rings. The van der Waals surface area contributed by atoms with E-state index in [0.717, 1.165) is 28.5 Å². The van der Waals surface area contributed by atoms with Crippen molar-refractivity contribution in [3.05, 3.63) is 40.9 Å². The zero-order valence-corrected chi connectivity index (χ0v) is 11.6. The van der Waals surface area contributed by atoms with Crippen molar-refractivity contribution in [1.29, 1.82) is 5.26 Å². The molecule has 2 aromatic rings. The fourth-order valence-corrected chi connectivity index (χ4v) is 2.42. The number of nitrogens with zero attached hydrogens (tertiary/aromatic N) is 1. The summed E-state index contributed by atoms with van der Waals surface area (Å²) >= 11 is 3.59. The average Bonchev–Trinajstić information content (AvgIpc) is 2.41. The minimum absolute atomic E-state index is 0.599. The van der Waals surface area contributed by atoms with Gasteiger partial charge in [0.05, 0.1) is 17.1 Å². The second kappa shape index (κ2) is 6.42. The quantitative estimate of drug-likeness (QED) is 0.752. The predicted octanol–water partition coefficient (Wildman–Crippen LogP) is 4.67. The van der Waals surface area contributed by atoms with Gasteiger partial charge in [-0.25, -0.2) is 0 Å². The number of hydrogen-bond acceptors (Lipinski definition) is 2. The normalized spacial score (nSPS) is 10.2. The van der Waals surface area contributed by atoms with E-state index in [1.807, 2.05) is 18.2 Å². The van der Waals surface area contributed by atoms with Crippen LogP contribution in [0.1, 0.15) is 19.3 Å². The van der Waals surface area contributed by atoms with Crippen molar-refractivity contribution >= 4 is 26.7 Å². The SMILES string of the molecule is N#CCCCCOc1ccc2ccccc2c1Br. The molecule has 0 saturated carbocycles. The molecule has 2 rings (SSSR count). The molecule has 3 heteroatoms. The largest absolute Gasteiger partial charge is 0.492 e. The molecule has 0 N–H and O–H groups in total. The van der Waals surface area contributed by atoms with Crippen LogP contribution in [0.3, 0.4) is 0 Å². The smallest absolute Gasteiger partial charge is 0.134 e. The number of unbranched alkanes of at least 4 members (excludes halogenated alkanes) is 2. The molecule has 0 aliphatic heterocycles. The van der Waals surface area contributed by atoms with Crippen molar-refractivity contribution in [1.82, 2.24) is 0 Å². The molecular weight excluding hydrogens is 290 g/mol. The summed E-state index contributed by atoms with van der Waals surface area (Å²) in [7, 11) is 0. The van der Waals surface area contributed by atoms with Gasteiger partial charge in [0.15, 0.2) is 0 Å². The summed E-state index contributed by atoms with van der Waals surface area (Å²) in [5, 5.41) is 10.8. The van der Waals surface area contributed by atoms with Gasteiger partial charge in [0.2, 0.25) is 0 Å². The minimum Gasteiger partial charge on any atom is -0.492 e. The van der Waals surface area contributed by atoms with Gasteiger partial charge in [-0.05, 0) is 45.6 Å². The van der Waals surface area contributed by atoms with Crippen LogP contribution in [0.15, 0.2) is 40.9 Å². The number of rotatable bonds is 5. The van der Waals surface area contributed by atoms with E-state index < -0.39 is 0 Å². The van der Waals surface area contributed by atoms with Crippen molar-refractivity contribution in [2.45, 2.75) is 19.3 Å². The second-order valence-electron chi connectivity index (χ2n) is 4.06. The van der Waals surface area contributed by atoms with Crippen LogP contribution in [0, 0.1) is 11.3 Å². The maximum Gasteiger partial charge on any atom is 0.134 e. The van der Waals surface area contributed by atoms with E-state index in [4.69, 9.17) is 10.00 Å². The van der Waals surface area contributed by atoms with Gasteiger partial charge in [0.25, 0.3) is 0 Å². The first-order valence-electron chi connectivity index (χ1n) is 6.00. The summed E-state index contributed by atoms with van der Waals surface area (Å²) in [5.41, 5.74) is 0. The lowest BCUT2D eigenvalue weighted by Crippen LogP contribution is -1.97. The monoisotopic (exact) mass is 303 g/mol. The molecule has 0 spiro atoms. The number of hydrogen-bond donors (Lipinski definition) is 0. The van der Waals surface area contributed by atoms with Crippen LogP contribution in [0.25, 0.3) is 10.8 Å². The van der Waals surface area contributed by atoms with E-state index in [1.54, 1.807) is 0 Å². The minimum atomic E-state index is 0.599. The van der Waals surface area contributed by atoms with E-state index in [1.165, 1.54) is 5.39 Å². The molecule has 0 atom stereocenters. The highest BCUT2D eigenvalue weighted by Gasteiger charge is 2.05. The van der Waals surface area contributed by atoms with Gasteiger partial charge in [0, 0.05) is 6.42 Å². The topological polar surface area (TPSA) is 33.0 Å². The summed E-state index contributed by atoms with van der Waals surface area (Å²) in [6.45, 7) is 0.651. The van der Waals surface area contributed by atoms with Crippen LogP contribution < -0.4 is 4.74 Å². The van der Waals surface area contributed by atoms with Gasteiger partial charge in [0.1, 0.15) is 5.75 Å². The molecule has 0 aromatic heterocycles. The average molecular weight is 304 g/mol. The van der Waals surface area contributed by atoms with Gasteiger partial charge in [-0.1, -0.05) is 30.3 Å². The summed E-state index contributed by atoms with van der Waals surface area (Å²) in [6.07, 6.45) is 2.40. The van der Waals surface area contributed by atoms with Crippen LogP contribution in [0.4, 0.5) is 0 Å². The van der Waals surface area contributed by atoms with Gasteiger partial charge in [-0.3, -0.25) is 0 Å². The maximum atomic E-state index is 8.45. The Morgan fingerprint density at radius 1 is 1.11 bits per heavy atom. The van der Waals surface area contributed by atoms with Crippen LogP contribution in [-0.4, -0.2) is 6.61 Å². The molecule has 0 fully saturated rings. The fourth-order valence-electron chi connectivity index (χ4n) is 1.81. The Morgan fingerprint density at radius 3 is 2.78 bits per heavy atom. The Kier molecular flexibility index (Phi) is 4.60. The Labute approximate surface area is 115 Å². The Balaban J connectivity index is 2.05. The van der Waals surface area contributed by atoms with E-state index in [9.17, 15) is 0 Å². The third-order valence-electron chi connectivity index (χ3n) is 2.77. The molecule has 92 valence electrons. The lowest BCUT2D eigenvalue weighted by molar-refractivity contribution is 0.306. The van der Waals surface area contributed by atoms with Crippen LogP contribution in [0.5, 0.6) is 5.75 Å². The number of halogens is 1. The number of fused-ring (bicyclic) bond motifs is 1. The van der Waals surface area contributed by atoms with Crippen molar-refractivity contribution in [3.8, 4) is 11.8 Å². The molecular formula is C15H14BrNO. The molecule has 0 amide bonds. The zero-order valence-electron chi connectivity index (χ0n) is 10.0. The molecule has 0 saturated heterocycles. The predicted molar refractivity (Wildman–Crippen MR) is 76.6 cm³/mol. The maximum absolute atomic E-state index is 8.45. The van der Waals surface area contributed by atoms with Crippen molar-refractivity contribution in [2.75, 3.05) is 6.61 Å². The van der Waals surface area contributed by atoms with Gasteiger partial charge in [-0.2, -0.15) is 5.26 Å².